The topological polar surface area (TPSA) is 46.0 Å². The standard InChI is InChI=1S/C10H9BrN2OS/c11-7-3-8(15-5-7)4-10(14)9-1-2-12-6-13-9/h1-3,5-6,10,14H,4H2. The Bertz CT molecular complexity index is 432. The van der Waals surface area contributed by atoms with Crippen molar-refractivity contribution in [2.45, 2.75) is 12.5 Å². The molecule has 78 valence electrons. The molecular weight excluding hydrogens is 276 g/mol. The summed E-state index contributed by atoms with van der Waals surface area (Å²) in [6, 6.07) is 3.74. The number of hydrogen-bond acceptors (Lipinski definition) is 4. The zero-order valence-corrected chi connectivity index (χ0v) is 10.2. The third-order valence-corrected chi connectivity index (χ3v) is 3.68. The molecule has 0 bridgehead atoms. The number of halogens is 1. The third kappa shape index (κ3) is 2.84. The summed E-state index contributed by atoms with van der Waals surface area (Å²) in [6.07, 6.45) is 3.12. The van der Waals surface area contributed by atoms with Gasteiger partial charge in [0.15, 0.2) is 0 Å². The van der Waals surface area contributed by atoms with Gasteiger partial charge in [0.25, 0.3) is 0 Å². The zero-order chi connectivity index (χ0) is 10.7. The van der Waals surface area contributed by atoms with Crippen molar-refractivity contribution in [3.05, 3.63) is 45.1 Å². The lowest BCUT2D eigenvalue weighted by molar-refractivity contribution is 0.174. The van der Waals surface area contributed by atoms with Gasteiger partial charge < -0.3 is 5.11 Å². The fourth-order valence-corrected chi connectivity index (χ4v) is 2.74. The highest BCUT2D eigenvalue weighted by molar-refractivity contribution is 9.10. The van der Waals surface area contributed by atoms with Crippen molar-refractivity contribution in [1.82, 2.24) is 9.97 Å². The molecule has 0 aliphatic carbocycles. The van der Waals surface area contributed by atoms with Gasteiger partial charge in [-0.25, -0.2) is 9.97 Å². The van der Waals surface area contributed by atoms with Gasteiger partial charge in [0.2, 0.25) is 0 Å². The van der Waals surface area contributed by atoms with Gasteiger partial charge in [-0.2, -0.15) is 0 Å². The minimum Gasteiger partial charge on any atom is -0.386 e. The highest BCUT2D eigenvalue weighted by Crippen LogP contribution is 2.24. The van der Waals surface area contributed by atoms with Crippen LogP contribution in [0.15, 0.2) is 34.5 Å². The molecule has 0 saturated carbocycles. The number of nitrogens with zero attached hydrogens (tertiary/aromatic N) is 2. The van der Waals surface area contributed by atoms with E-state index in [4.69, 9.17) is 0 Å². The predicted molar refractivity (Wildman–Crippen MR) is 62.7 cm³/mol. The molecule has 2 aromatic rings. The van der Waals surface area contributed by atoms with Crippen molar-refractivity contribution < 1.29 is 5.11 Å². The fraction of sp³-hybridized carbons (Fsp3) is 0.200. The molecule has 2 aromatic heterocycles. The van der Waals surface area contributed by atoms with Gasteiger partial charge in [-0.05, 0) is 28.1 Å². The third-order valence-electron chi connectivity index (χ3n) is 1.96. The van der Waals surface area contributed by atoms with Crippen LogP contribution < -0.4 is 0 Å². The lowest BCUT2D eigenvalue weighted by atomic mass is 10.1. The van der Waals surface area contributed by atoms with Gasteiger partial charge in [-0.3, -0.25) is 0 Å². The first kappa shape index (κ1) is 10.7. The lowest BCUT2D eigenvalue weighted by Gasteiger charge is -2.07. The van der Waals surface area contributed by atoms with Crippen LogP contribution >= 0.6 is 27.3 Å². The maximum atomic E-state index is 9.88. The molecule has 0 aromatic carbocycles. The van der Waals surface area contributed by atoms with Crippen LogP contribution in [0.1, 0.15) is 16.7 Å². The summed E-state index contributed by atoms with van der Waals surface area (Å²) in [5.41, 5.74) is 0.662. The molecule has 0 fully saturated rings. The lowest BCUT2D eigenvalue weighted by Crippen LogP contribution is -2.02. The number of aliphatic hydroxyl groups is 1. The molecule has 0 spiro atoms. The van der Waals surface area contributed by atoms with Crippen molar-refractivity contribution in [3.63, 3.8) is 0 Å². The van der Waals surface area contributed by atoms with Gasteiger partial charge in [0.05, 0.1) is 5.69 Å². The van der Waals surface area contributed by atoms with Crippen molar-refractivity contribution in [2.75, 3.05) is 0 Å². The van der Waals surface area contributed by atoms with E-state index in [1.165, 1.54) is 6.33 Å². The Morgan fingerprint density at radius 3 is 3.00 bits per heavy atom. The molecule has 3 nitrogen and oxygen atoms in total. The highest BCUT2D eigenvalue weighted by atomic mass is 79.9. The Labute approximate surface area is 100.0 Å². The quantitative estimate of drug-likeness (QED) is 0.942. The van der Waals surface area contributed by atoms with E-state index in [9.17, 15) is 5.11 Å². The largest absolute Gasteiger partial charge is 0.386 e. The van der Waals surface area contributed by atoms with Gasteiger partial charge in [0, 0.05) is 27.3 Å². The Morgan fingerprint density at radius 1 is 1.53 bits per heavy atom. The first-order valence-electron chi connectivity index (χ1n) is 4.42. The number of aliphatic hydroxyl groups excluding tert-OH is 1. The molecule has 1 N–H and O–H groups in total. The first-order chi connectivity index (χ1) is 7.25. The molecule has 1 atom stereocenters. The van der Waals surface area contributed by atoms with E-state index in [0.717, 1.165) is 9.35 Å². The molecule has 1 unspecified atom stereocenters. The van der Waals surface area contributed by atoms with E-state index >= 15 is 0 Å². The Morgan fingerprint density at radius 2 is 2.40 bits per heavy atom. The Balaban J connectivity index is 2.07. The minimum atomic E-state index is -0.557. The average molecular weight is 285 g/mol. The van der Waals surface area contributed by atoms with Crippen molar-refractivity contribution in [1.29, 1.82) is 0 Å². The van der Waals surface area contributed by atoms with Gasteiger partial charge in [-0.1, -0.05) is 0 Å². The number of hydrogen-bond donors (Lipinski definition) is 1. The molecule has 5 heteroatoms. The van der Waals surface area contributed by atoms with Crippen LogP contribution in [0, 0.1) is 0 Å². The van der Waals surface area contributed by atoms with Crippen LogP contribution in [0.4, 0.5) is 0 Å². The Kier molecular flexibility index (Phi) is 3.45. The maximum absolute atomic E-state index is 9.88. The second-order valence-corrected chi connectivity index (χ2v) is 5.00. The molecule has 0 aliphatic heterocycles. The summed E-state index contributed by atoms with van der Waals surface area (Å²) < 4.78 is 1.05. The van der Waals surface area contributed by atoms with E-state index in [-0.39, 0.29) is 0 Å². The van der Waals surface area contributed by atoms with Gasteiger partial charge in [0.1, 0.15) is 12.4 Å². The fourth-order valence-electron chi connectivity index (χ4n) is 1.25. The second-order valence-electron chi connectivity index (χ2n) is 3.09. The van der Waals surface area contributed by atoms with Crippen LogP contribution in [0.25, 0.3) is 0 Å². The summed E-state index contributed by atoms with van der Waals surface area (Å²) in [5, 5.41) is 11.9. The van der Waals surface area contributed by atoms with E-state index in [0.29, 0.717) is 12.1 Å². The Hall–Kier alpha value is -0.780. The van der Waals surface area contributed by atoms with Gasteiger partial charge >= 0.3 is 0 Å². The van der Waals surface area contributed by atoms with Crippen LogP contribution in [0.2, 0.25) is 0 Å². The van der Waals surface area contributed by atoms with Crippen LogP contribution in [0.5, 0.6) is 0 Å². The van der Waals surface area contributed by atoms with Crippen LogP contribution in [0.3, 0.4) is 0 Å². The van der Waals surface area contributed by atoms with Gasteiger partial charge in [-0.15, -0.1) is 11.3 Å². The highest BCUT2D eigenvalue weighted by Gasteiger charge is 2.10. The summed E-state index contributed by atoms with van der Waals surface area (Å²) in [6.45, 7) is 0. The summed E-state index contributed by atoms with van der Waals surface area (Å²) in [5.74, 6) is 0. The number of thiophene rings is 1. The van der Waals surface area contributed by atoms with E-state index in [1.54, 1.807) is 23.6 Å². The van der Waals surface area contributed by atoms with E-state index < -0.39 is 6.10 Å². The smallest absolute Gasteiger partial charge is 0.115 e. The molecule has 15 heavy (non-hydrogen) atoms. The normalized spacial score (nSPS) is 12.7. The monoisotopic (exact) mass is 284 g/mol. The van der Waals surface area contributed by atoms with E-state index in [1.807, 2.05) is 11.4 Å². The van der Waals surface area contributed by atoms with Crippen LogP contribution in [-0.4, -0.2) is 15.1 Å². The van der Waals surface area contributed by atoms with Crippen molar-refractivity contribution >= 4 is 27.3 Å². The number of rotatable bonds is 3. The average Bonchev–Trinajstić information content (AvgIpc) is 2.65. The summed E-state index contributed by atoms with van der Waals surface area (Å²) in [7, 11) is 0. The molecular formula is C10H9BrN2OS. The molecule has 0 amide bonds. The molecule has 0 aliphatic rings. The molecule has 0 saturated heterocycles. The maximum Gasteiger partial charge on any atom is 0.115 e. The molecule has 2 rings (SSSR count). The number of aromatic nitrogens is 2. The second kappa shape index (κ2) is 4.83. The van der Waals surface area contributed by atoms with Crippen molar-refractivity contribution in [3.8, 4) is 0 Å². The predicted octanol–water partition coefficient (Wildman–Crippen LogP) is 2.58. The molecule has 0 radical (unpaired) electrons. The minimum absolute atomic E-state index is 0.557. The summed E-state index contributed by atoms with van der Waals surface area (Å²) >= 11 is 5.00. The zero-order valence-electron chi connectivity index (χ0n) is 7.80. The summed E-state index contributed by atoms with van der Waals surface area (Å²) in [4.78, 5) is 8.96. The molecule has 2 heterocycles. The van der Waals surface area contributed by atoms with Crippen LogP contribution in [-0.2, 0) is 6.42 Å². The van der Waals surface area contributed by atoms with Crippen molar-refractivity contribution in [2.24, 2.45) is 0 Å². The first-order valence-corrected chi connectivity index (χ1v) is 6.10. The SMILES string of the molecule is OC(Cc1cc(Br)cs1)c1ccncn1. The van der Waals surface area contributed by atoms with E-state index in [2.05, 4.69) is 25.9 Å².